The summed E-state index contributed by atoms with van der Waals surface area (Å²) in [4.78, 5) is 16.3. The average Bonchev–Trinajstić information content (AvgIpc) is 2.71. The van der Waals surface area contributed by atoms with Crippen LogP contribution in [0.2, 0.25) is 10.0 Å². The molecule has 0 atom stereocenters. The van der Waals surface area contributed by atoms with E-state index >= 15 is 0 Å². The fourth-order valence-electron chi connectivity index (χ4n) is 2.32. The van der Waals surface area contributed by atoms with Crippen molar-refractivity contribution in [3.05, 3.63) is 57.6 Å². The van der Waals surface area contributed by atoms with Crippen LogP contribution in [-0.2, 0) is 6.54 Å². The van der Waals surface area contributed by atoms with Gasteiger partial charge in [0.1, 0.15) is 0 Å². The quantitative estimate of drug-likeness (QED) is 0.202. The number of guanidine groups is 1. The van der Waals surface area contributed by atoms with Gasteiger partial charge in [-0.15, -0.1) is 24.0 Å². The molecule has 0 spiro atoms. The molecular weight excluding hydrogens is 530 g/mol. The second kappa shape index (κ2) is 12.6. The highest BCUT2D eigenvalue weighted by Crippen LogP contribution is 2.27. The molecule has 0 aliphatic heterocycles. The van der Waals surface area contributed by atoms with Crippen LogP contribution in [0.5, 0.6) is 11.5 Å². The normalized spacial score (nSPS) is 10.7. The van der Waals surface area contributed by atoms with E-state index in [1.807, 2.05) is 18.2 Å². The number of nitrogens with two attached hydrogens (primary N) is 1. The van der Waals surface area contributed by atoms with Gasteiger partial charge < -0.3 is 25.8 Å². The number of hydrogen-bond donors (Lipinski definition) is 3. The molecule has 0 bridgehead atoms. The molecule has 0 aliphatic carbocycles. The third-order valence-electron chi connectivity index (χ3n) is 3.78. The van der Waals surface area contributed by atoms with Crippen LogP contribution in [-0.4, -0.2) is 39.2 Å². The van der Waals surface area contributed by atoms with Crippen molar-refractivity contribution in [2.24, 2.45) is 10.7 Å². The number of benzene rings is 2. The molecule has 0 saturated heterocycles. The van der Waals surface area contributed by atoms with Gasteiger partial charge in [-0.2, -0.15) is 0 Å². The first-order chi connectivity index (χ1) is 13.4. The number of rotatable bonds is 8. The fraction of sp³-hybridized carbons (Fsp3) is 0.263. The topological polar surface area (TPSA) is 98.0 Å². The lowest BCUT2D eigenvalue weighted by molar-refractivity contribution is 0.0954. The maximum Gasteiger partial charge on any atom is 0.251 e. The Balaban J connectivity index is 0.00000420. The minimum Gasteiger partial charge on any atom is -0.493 e. The predicted octanol–water partition coefficient (Wildman–Crippen LogP) is 3.46. The van der Waals surface area contributed by atoms with E-state index in [1.165, 1.54) is 6.07 Å². The number of aliphatic imine (C=N–C) groups is 1. The van der Waals surface area contributed by atoms with Crippen molar-refractivity contribution in [1.82, 2.24) is 10.6 Å². The molecule has 0 aromatic heterocycles. The van der Waals surface area contributed by atoms with Gasteiger partial charge >= 0.3 is 0 Å². The maximum atomic E-state index is 12.1. The fourth-order valence-corrected chi connectivity index (χ4v) is 2.62. The Hall–Kier alpha value is -1.91. The molecular formula is C19H23Cl2IN4O3. The highest BCUT2D eigenvalue weighted by molar-refractivity contribution is 14.0. The van der Waals surface area contributed by atoms with Gasteiger partial charge in [0.2, 0.25) is 0 Å². The summed E-state index contributed by atoms with van der Waals surface area (Å²) in [6, 6.07) is 10.2. The Kier molecular flexibility index (Phi) is 10.9. The number of amides is 1. The summed E-state index contributed by atoms with van der Waals surface area (Å²) in [5, 5.41) is 6.43. The largest absolute Gasteiger partial charge is 0.493 e. The van der Waals surface area contributed by atoms with Gasteiger partial charge in [-0.1, -0.05) is 29.3 Å². The predicted molar refractivity (Wildman–Crippen MR) is 127 cm³/mol. The molecule has 2 aromatic rings. The molecule has 0 fully saturated rings. The Morgan fingerprint density at radius 2 is 1.69 bits per heavy atom. The Labute approximate surface area is 197 Å². The molecule has 10 heteroatoms. The first kappa shape index (κ1) is 25.1. The van der Waals surface area contributed by atoms with E-state index in [-0.39, 0.29) is 35.8 Å². The van der Waals surface area contributed by atoms with Crippen LogP contribution < -0.4 is 25.8 Å². The first-order valence-electron chi connectivity index (χ1n) is 8.42. The Morgan fingerprint density at radius 1 is 1.00 bits per heavy atom. The number of nitrogens with zero attached hydrogens (tertiary/aromatic N) is 1. The highest BCUT2D eigenvalue weighted by Gasteiger charge is 2.07. The minimum absolute atomic E-state index is 0. The van der Waals surface area contributed by atoms with E-state index in [9.17, 15) is 4.79 Å². The summed E-state index contributed by atoms with van der Waals surface area (Å²) in [7, 11) is 3.16. The third kappa shape index (κ3) is 7.79. The van der Waals surface area contributed by atoms with Crippen molar-refractivity contribution in [3.8, 4) is 11.5 Å². The second-order valence-electron chi connectivity index (χ2n) is 5.70. The number of hydrogen-bond acceptors (Lipinski definition) is 4. The van der Waals surface area contributed by atoms with Gasteiger partial charge in [-0.3, -0.25) is 4.79 Å². The van der Waals surface area contributed by atoms with Crippen LogP contribution in [0, 0.1) is 0 Å². The molecule has 29 heavy (non-hydrogen) atoms. The van der Waals surface area contributed by atoms with Crippen molar-refractivity contribution in [3.63, 3.8) is 0 Å². The monoisotopic (exact) mass is 552 g/mol. The number of nitrogens with one attached hydrogen (secondary N) is 2. The average molecular weight is 553 g/mol. The molecule has 0 aliphatic rings. The van der Waals surface area contributed by atoms with E-state index in [1.54, 1.807) is 26.4 Å². The van der Waals surface area contributed by atoms with Gasteiger partial charge in [0.15, 0.2) is 17.5 Å². The molecule has 4 N–H and O–H groups in total. The van der Waals surface area contributed by atoms with E-state index in [0.29, 0.717) is 46.7 Å². The zero-order valence-electron chi connectivity index (χ0n) is 16.0. The number of carbonyl (C=O) groups excluding carboxylic acids is 1. The van der Waals surface area contributed by atoms with Crippen molar-refractivity contribution in [2.75, 3.05) is 27.3 Å². The smallest absolute Gasteiger partial charge is 0.251 e. The first-order valence-corrected chi connectivity index (χ1v) is 9.18. The van der Waals surface area contributed by atoms with E-state index in [4.69, 9.17) is 38.4 Å². The zero-order valence-corrected chi connectivity index (χ0v) is 19.8. The van der Waals surface area contributed by atoms with Crippen LogP contribution in [0.15, 0.2) is 41.4 Å². The summed E-state index contributed by atoms with van der Waals surface area (Å²) in [5.41, 5.74) is 7.21. The van der Waals surface area contributed by atoms with E-state index in [0.717, 1.165) is 5.56 Å². The molecule has 2 rings (SSSR count). The van der Waals surface area contributed by atoms with Crippen LogP contribution in [0.25, 0.3) is 0 Å². The summed E-state index contributed by atoms with van der Waals surface area (Å²) in [5.74, 6) is 1.31. The molecule has 158 valence electrons. The van der Waals surface area contributed by atoms with Crippen LogP contribution in [0.3, 0.4) is 0 Å². The van der Waals surface area contributed by atoms with Crippen LogP contribution in [0.4, 0.5) is 0 Å². The van der Waals surface area contributed by atoms with Crippen molar-refractivity contribution in [1.29, 1.82) is 0 Å². The molecule has 2 aromatic carbocycles. The summed E-state index contributed by atoms with van der Waals surface area (Å²) >= 11 is 11.7. The van der Waals surface area contributed by atoms with Gasteiger partial charge in [-0.05, 0) is 35.9 Å². The Bertz CT molecular complexity index is 865. The van der Waals surface area contributed by atoms with E-state index < -0.39 is 0 Å². The second-order valence-corrected chi connectivity index (χ2v) is 6.52. The number of ether oxygens (including phenoxy) is 2. The zero-order chi connectivity index (χ0) is 20.5. The summed E-state index contributed by atoms with van der Waals surface area (Å²) in [6.45, 7) is 1.18. The standard InChI is InChI=1S/C19H22Cl2N4O3.HI/c1-27-16-6-3-12(9-17(16)28-2)11-25-19(22)24-8-7-23-18(26)13-4-5-14(20)15(21)10-13;/h3-6,9-10H,7-8,11H2,1-2H3,(H,23,26)(H3,22,24,25);1H. The Morgan fingerprint density at radius 3 is 2.34 bits per heavy atom. The number of carbonyl (C=O) groups is 1. The molecule has 0 unspecified atom stereocenters. The number of methoxy groups -OCH3 is 2. The van der Waals surface area contributed by atoms with Crippen molar-refractivity contribution < 1.29 is 14.3 Å². The van der Waals surface area contributed by atoms with Crippen molar-refractivity contribution in [2.45, 2.75) is 6.54 Å². The van der Waals surface area contributed by atoms with Crippen molar-refractivity contribution >= 4 is 59.0 Å². The van der Waals surface area contributed by atoms with Crippen LogP contribution in [0.1, 0.15) is 15.9 Å². The molecule has 0 saturated carbocycles. The lowest BCUT2D eigenvalue weighted by atomic mass is 10.2. The maximum absolute atomic E-state index is 12.1. The SMILES string of the molecule is COc1ccc(CN=C(N)NCCNC(=O)c2ccc(Cl)c(Cl)c2)cc1OC.I. The lowest BCUT2D eigenvalue weighted by Gasteiger charge is -2.10. The minimum atomic E-state index is -0.249. The third-order valence-corrected chi connectivity index (χ3v) is 4.52. The summed E-state index contributed by atoms with van der Waals surface area (Å²) < 4.78 is 10.5. The van der Waals surface area contributed by atoms with Gasteiger partial charge in [-0.25, -0.2) is 4.99 Å². The highest BCUT2D eigenvalue weighted by atomic mass is 127. The molecule has 1 amide bonds. The van der Waals surface area contributed by atoms with E-state index in [2.05, 4.69) is 15.6 Å². The summed E-state index contributed by atoms with van der Waals surface area (Å²) in [6.07, 6.45) is 0. The van der Waals surface area contributed by atoms with Gasteiger partial charge in [0, 0.05) is 18.7 Å². The van der Waals surface area contributed by atoms with Gasteiger partial charge in [0.05, 0.1) is 30.8 Å². The van der Waals surface area contributed by atoms with Crippen LogP contribution >= 0.6 is 47.2 Å². The van der Waals surface area contributed by atoms with Gasteiger partial charge in [0.25, 0.3) is 5.91 Å². The molecule has 0 radical (unpaired) electrons. The molecule has 0 heterocycles. The number of halogens is 3. The lowest BCUT2D eigenvalue weighted by Crippen LogP contribution is -2.38. The molecule has 7 nitrogen and oxygen atoms in total.